The largest absolute Gasteiger partial charge is 0.378 e. The van der Waals surface area contributed by atoms with Gasteiger partial charge in [-0.1, -0.05) is 18.2 Å². The molecule has 2 N–H and O–H groups in total. The molecule has 5 heteroatoms. The molecule has 0 radical (unpaired) electrons. The molecule has 0 saturated carbocycles. The summed E-state index contributed by atoms with van der Waals surface area (Å²) < 4.78 is 5.47. The summed E-state index contributed by atoms with van der Waals surface area (Å²) in [4.78, 5) is 11.8. The summed E-state index contributed by atoms with van der Waals surface area (Å²) in [7, 11) is 0. The first-order chi connectivity index (χ1) is 9.31. The summed E-state index contributed by atoms with van der Waals surface area (Å²) >= 11 is 0. The number of ether oxygens (including phenoxy) is 1. The van der Waals surface area contributed by atoms with E-state index in [4.69, 9.17) is 4.74 Å². The molecule has 1 saturated heterocycles. The van der Waals surface area contributed by atoms with Gasteiger partial charge in [0.15, 0.2) is 0 Å². The van der Waals surface area contributed by atoms with E-state index in [0.29, 0.717) is 13.0 Å². The van der Waals surface area contributed by atoms with E-state index in [1.807, 2.05) is 0 Å². The molecular weight excluding hydrogens is 276 g/mol. The van der Waals surface area contributed by atoms with Crippen molar-refractivity contribution in [1.82, 2.24) is 10.6 Å². The van der Waals surface area contributed by atoms with Crippen molar-refractivity contribution >= 4 is 18.3 Å². The lowest BCUT2D eigenvalue weighted by atomic mass is 10.1. The number of fused-ring (bicyclic) bond motifs is 1. The van der Waals surface area contributed by atoms with Gasteiger partial charge in [0.05, 0.1) is 12.5 Å². The van der Waals surface area contributed by atoms with Crippen molar-refractivity contribution in [2.24, 2.45) is 0 Å². The summed E-state index contributed by atoms with van der Waals surface area (Å²) in [6, 6.07) is 6.43. The zero-order valence-corrected chi connectivity index (χ0v) is 12.3. The van der Waals surface area contributed by atoms with Crippen LogP contribution in [0.15, 0.2) is 18.2 Å². The smallest absolute Gasteiger partial charge is 0.222 e. The third-order valence-electron chi connectivity index (χ3n) is 3.83. The van der Waals surface area contributed by atoms with Crippen molar-refractivity contribution < 1.29 is 9.53 Å². The van der Waals surface area contributed by atoms with E-state index in [2.05, 4.69) is 28.8 Å². The molecule has 20 heavy (non-hydrogen) atoms. The Balaban J connectivity index is 0.00000147. The van der Waals surface area contributed by atoms with Crippen molar-refractivity contribution in [1.29, 1.82) is 0 Å². The minimum Gasteiger partial charge on any atom is -0.378 e. The molecule has 4 nitrogen and oxygen atoms in total. The zero-order chi connectivity index (χ0) is 13.1. The SMILES string of the molecule is Cl.O=C(CC1CCCO1)NCc1ccc2c(c1)CNC2. The van der Waals surface area contributed by atoms with Crippen molar-refractivity contribution in [2.75, 3.05) is 6.61 Å². The van der Waals surface area contributed by atoms with Crippen LogP contribution in [-0.2, 0) is 29.2 Å². The summed E-state index contributed by atoms with van der Waals surface area (Å²) in [5.41, 5.74) is 3.89. The first kappa shape index (κ1) is 15.3. The second kappa shape index (κ2) is 7.07. The van der Waals surface area contributed by atoms with E-state index in [1.165, 1.54) is 16.7 Å². The van der Waals surface area contributed by atoms with Gasteiger partial charge in [-0.25, -0.2) is 0 Å². The molecule has 1 fully saturated rings. The Morgan fingerprint density at radius 2 is 2.20 bits per heavy atom. The molecule has 0 aliphatic carbocycles. The minimum absolute atomic E-state index is 0. The van der Waals surface area contributed by atoms with Gasteiger partial charge in [-0.2, -0.15) is 0 Å². The molecule has 1 amide bonds. The van der Waals surface area contributed by atoms with E-state index in [-0.39, 0.29) is 24.4 Å². The standard InChI is InChI=1S/C15H20N2O2.ClH/c18-15(7-14-2-1-5-19-14)17-8-11-3-4-12-9-16-10-13(12)6-11;/h3-4,6,14,16H,1-2,5,7-10H2,(H,17,18);1H. The van der Waals surface area contributed by atoms with Crippen LogP contribution < -0.4 is 10.6 Å². The van der Waals surface area contributed by atoms with Gasteiger partial charge >= 0.3 is 0 Å². The van der Waals surface area contributed by atoms with Crippen LogP contribution in [0.4, 0.5) is 0 Å². The Bertz CT molecular complexity index is 473. The molecule has 0 bridgehead atoms. The fourth-order valence-corrected chi connectivity index (χ4v) is 2.74. The maximum Gasteiger partial charge on any atom is 0.222 e. The third kappa shape index (κ3) is 3.72. The maximum atomic E-state index is 11.8. The topological polar surface area (TPSA) is 50.4 Å². The van der Waals surface area contributed by atoms with Gasteiger partial charge in [0.1, 0.15) is 0 Å². The lowest BCUT2D eigenvalue weighted by Crippen LogP contribution is -2.26. The van der Waals surface area contributed by atoms with Gasteiger partial charge in [0.2, 0.25) is 5.91 Å². The molecular formula is C15H21ClN2O2. The highest BCUT2D eigenvalue weighted by atomic mass is 35.5. The van der Waals surface area contributed by atoms with E-state index in [0.717, 1.165) is 32.5 Å². The van der Waals surface area contributed by atoms with Gasteiger partial charge in [0.25, 0.3) is 0 Å². The normalized spacial score (nSPS) is 20.3. The lowest BCUT2D eigenvalue weighted by molar-refractivity contribution is -0.123. The van der Waals surface area contributed by atoms with Gasteiger partial charge in [-0.05, 0) is 29.5 Å². The predicted molar refractivity (Wildman–Crippen MR) is 79.7 cm³/mol. The molecule has 1 aromatic carbocycles. The van der Waals surface area contributed by atoms with Crippen molar-refractivity contribution in [3.63, 3.8) is 0 Å². The molecule has 110 valence electrons. The summed E-state index contributed by atoms with van der Waals surface area (Å²) in [5, 5.41) is 6.30. The fourth-order valence-electron chi connectivity index (χ4n) is 2.74. The first-order valence-corrected chi connectivity index (χ1v) is 7.01. The van der Waals surface area contributed by atoms with E-state index >= 15 is 0 Å². The number of benzene rings is 1. The number of nitrogens with one attached hydrogen (secondary N) is 2. The van der Waals surface area contributed by atoms with Crippen LogP contribution in [0.1, 0.15) is 36.0 Å². The second-order valence-corrected chi connectivity index (χ2v) is 5.32. The molecule has 0 aromatic heterocycles. The Morgan fingerprint density at radius 3 is 3.00 bits per heavy atom. The van der Waals surface area contributed by atoms with Gasteiger partial charge in [-0.15, -0.1) is 12.4 Å². The Labute approximate surface area is 125 Å². The van der Waals surface area contributed by atoms with Crippen molar-refractivity contribution in [3.05, 3.63) is 34.9 Å². The second-order valence-electron chi connectivity index (χ2n) is 5.32. The van der Waals surface area contributed by atoms with E-state index in [9.17, 15) is 4.79 Å². The van der Waals surface area contributed by atoms with Crippen LogP contribution in [0.3, 0.4) is 0 Å². The van der Waals surface area contributed by atoms with Crippen LogP contribution in [0, 0.1) is 0 Å². The quantitative estimate of drug-likeness (QED) is 0.892. The molecule has 2 aliphatic rings. The highest BCUT2D eigenvalue weighted by Crippen LogP contribution is 2.17. The van der Waals surface area contributed by atoms with Crippen LogP contribution in [0.25, 0.3) is 0 Å². The number of hydrogen-bond acceptors (Lipinski definition) is 3. The maximum absolute atomic E-state index is 11.8. The molecule has 2 aliphatic heterocycles. The van der Waals surface area contributed by atoms with Crippen LogP contribution >= 0.6 is 12.4 Å². The number of hydrogen-bond donors (Lipinski definition) is 2. The number of rotatable bonds is 4. The fraction of sp³-hybridized carbons (Fsp3) is 0.533. The predicted octanol–water partition coefficient (Wildman–Crippen LogP) is 1.90. The van der Waals surface area contributed by atoms with E-state index < -0.39 is 0 Å². The lowest BCUT2D eigenvalue weighted by Gasteiger charge is -2.10. The molecule has 0 spiro atoms. The molecule has 2 heterocycles. The Hall–Kier alpha value is -1.10. The van der Waals surface area contributed by atoms with Gasteiger partial charge in [-0.3, -0.25) is 4.79 Å². The average Bonchev–Trinajstić information content (AvgIpc) is 3.06. The number of carbonyl (C=O) groups is 1. The molecule has 1 atom stereocenters. The van der Waals surface area contributed by atoms with E-state index in [1.54, 1.807) is 0 Å². The molecule has 1 aromatic rings. The Morgan fingerprint density at radius 1 is 1.35 bits per heavy atom. The van der Waals surface area contributed by atoms with Crippen molar-refractivity contribution in [2.45, 2.75) is 45.0 Å². The summed E-state index contributed by atoms with van der Waals surface area (Å²) in [6.07, 6.45) is 2.71. The summed E-state index contributed by atoms with van der Waals surface area (Å²) in [5.74, 6) is 0.0884. The molecule has 3 rings (SSSR count). The minimum atomic E-state index is 0. The number of carbonyl (C=O) groups excluding carboxylic acids is 1. The monoisotopic (exact) mass is 296 g/mol. The Kier molecular flexibility index (Phi) is 5.40. The highest BCUT2D eigenvalue weighted by molar-refractivity contribution is 5.85. The van der Waals surface area contributed by atoms with Crippen LogP contribution in [0.5, 0.6) is 0 Å². The third-order valence-corrected chi connectivity index (χ3v) is 3.83. The van der Waals surface area contributed by atoms with Crippen molar-refractivity contribution in [3.8, 4) is 0 Å². The number of halogens is 1. The zero-order valence-electron chi connectivity index (χ0n) is 11.5. The van der Waals surface area contributed by atoms with Crippen LogP contribution in [0.2, 0.25) is 0 Å². The van der Waals surface area contributed by atoms with Gasteiger partial charge < -0.3 is 15.4 Å². The van der Waals surface area contributed by atoms with Gasteiger partial charge in [0, 0.05) is 26.2 Å². The number of amides is 1. The summed E-state index contributed by atoms with van der Waals surface area (Å²) in [6.45, 7) is 3.31. The first-order valence-electron chi connectivity index (χ1n) is 7.01. The highest BCUT2D eigenvalue weighted by Gasteiger charge is 2.18. The van der Waals surface area contributed by atoms with Crippen LogP contribution in [-0.4, -0.2) is 18.6 Å². The molecule has 1 unspecified atom stereocenters. The average molecular weight is 297 g/mol.